The Hall–Kier alpha value is -1.47. The van der Waals surface area contributed by atoms with Crippen molar-refractivity contribution in [3.63, 3.8) is 0 Å². The zero-order valence-electron chi connectivity index (χ0n) is 14.5. The minimum Gasteiger partial charge on any atom is -0.344 e. The zero-order chi connectivity index (χ0) is 17.1. The highest BCUT2D eigenvalue weighted by Crippen LogP contribution is 2.25. The van der Waals surface area contributed by atoms with Crippen LogP contribution in [0.25, 0.3) is 0 Å². The van der Waals surface area contributed by atoms with Crippen LogP contribution in [-0.4, -0.2) is 59.3 Å². The van der Waals surface area contributed by atoms with Gasteiger partial charge in [-0.05, 0) is 33.6 Å². The molecule has 1 aromatic rings. The molecule has 2 heterocycles. The molecular weight excluding hydrogens is 312 g/mol. The highest BCUT2D eigenvalue weighted by molar-refractivity contribution is 7.17. The Kier molecular flexibility index (Phi) is 5.75. The van der Waals surface area contributed by atoms with E-state index in [1.54, 1.807) is 21.0 Å². The Morgan fingerprint density at radius 2 is 1.91 bits per heavy atom. The molecule has 0 bridgehead atoms. The van der Waals surface area contributed by atoms with Gasteiger partial charge in [0.25, 0.3) is 5.91 Å². The van der Waals surface area contributed by atoms with Gasteiger partial charge in [-0.1, -0.05) is 17.8 Å². The van der Waals surface area contributed by atoms with E-state index in [4.69, 9.17) is 0 Å². The average molecular weight is 338 g/mol. The van der Waals surface area contributed by atoms with Crippen molar-refractivity contribution in [1.29, 1.82) is 0 Å². The van der Waals surface area contributed by atoms with Gasteiger partial charge < -0.3 is 10.2 Å². The number of amides is 2. The smallest absolute Gasteiger partial charge is 0.265 e. The number of piperidine rings is 1. The molecule has 7 heteroatoms. The average Bonchev–Trinajstić information content (AvgIpc) is 2.82. The molecule has 0 saturated carbocycles. The largest absolute Gasteiger partial charge is 0.344 e. The fraction of sp³-hybridized carbons (Fsp3) is 0.688. The number of aromatic nitrogens is 1. The summed E-state index contributed by atoms with van der Waals surface area (Å²) in [5.41, 5.74) is 0.656. The fourth-order valence-corrected chi connectivity index (χ4v) is 3.97. The van der Waals surface area contributed by atoms with Crippen LogP contribution in [-0.2, 0) is 4.79 Å². The topological polar surface area (TPSA) is 65.5 Å². The lowest BCUT2D eigenvalue weighted by atomic mass is 9.97. The van der Waals surface area contributed by atoms with E-state index < -0.39 is 0 Å². The van der Waals surface area contributed by atoms with E-state index in [9.17, 15) is 9.59 Å². The first-order valence-electron chi connectivity index (χ1n) is 8.04. The summed E-state index contributed by atoms with van der Waals surface area (Å²) in [6.07, 6.45) is 3.49. The molecule has 1 fully saturated rings. The number of carbonyl (C=O) groups is 2. The maximum atomic E-state index is 12.3. The van der Waals surface area contributed by atoms with Crippen molar-refractivity contribution in [2.75, 3.05) is 26.0 Å². The number of hydrogen-bond donors (Lipinski definition) is 1. The van der Waals surface area contributed by atoms with Crippen LogP contribution in [0.4, 0.5) is 5.13 Å². The first kappa shape index (κ1) is 17.9. The molecule has 2 rings (SSSR count). The Morgan fingerprint density at radius 1 is 1.30 bits per heavy atom. The summed E-state index contributed by atoms with van der Waals surface area (Å²) >= 11 is 1.24. The summed E-state index contributed by atoms with van der Waals surface area (Å²) < 4.78 is 0. The lowest BCUT2D eigenvalue weighted by Crippen LogP contribution is -2.47. The number of anilines is 1. The van der Waals surface area contributed by atoms with E-state index in [1.165, 1.54) is 22.7 Å². The molecule has 0 radical (unpaired) electrons. The van der Waals surface area contributed by atoms with Gasteiger partial charge in [-0.25, -0.2) is 4.98 Å². The van der Waals surface area contributed by atoms with Crippen molar-refractivity contribution in [3.8, 4) is 0 Å². The maximum Gasteiger partial charge on any atom is 0.265 e. The summed E-state index contributed by atoms with van der Waals surface area (Å²) in [5.74, 6) is -0.151. The standard InChI is InChI=1S/C16H26N4O2S/c1-10-7-6-8-11(2)20(10)9-13(21)18-16-17-12(3)14(23-16)15(22)19(4)5/h10-11H,6-9H2,1-5H3,(H,17,18,21). The molecule has 0 spiro atoms. The van der Waals surface area contributed by atoms with Gasteiger partial charge in [-0.2, -0.15) is 0 Å². The molecule has 23 heavy (non-hydrogen) atoms. The van der Waals surface area contributed by atoms with E-state index in [-0.39, 0.29) is 11.8 Å². The van der Waals surface area contributed by atoms with Gasteiger partial charge in [0, 0.05) is 26.2 Å². The van der Waals surface area contributed by atoms with Crippen LogP contribution in [0.2, 0.25) is 0 Å². The summed E-state index contributed by atoms with van der Waals surface area (Å²) in [6, 6.07) is 0.849. The van der Waals surface area contributed by atoms with Gasteiger partial charge in [0.05, 0.1) is 12.2 Å². The van der Waals surface area contributed by atoms with Crippen LogP contribution in [0.3, 0.4) is 0 Å². The van der Waals surface area contributed by atoms with Gasteiger partial charge in [0.1, 0.15) is 4.88 Å². The SMILES string of the molecule is Cc1nc(NC(=O)CN2C(C)CCCC2C)sc1C(=O)N(C)C. The number of hydrogen-bond acceptors (Lipinski definition) is 5. The van der Waals surface area contributed by atoms with Gasteiger partial charge >= 0.3 is 0 Å². The number of rotatable bonds is 4. The highest BCUT2D eigenvalue weighted by Gasteiger charge is 2.27. The third-order valence-electron chi connectivity index (χ3n) is 4.35. The number of nitrogens with zero attached hydrogens (tertiary/aromatic N) is 3. The molecule has 0 aliphatic carbocycles. The molecule has 2 atom stereocenters. The van der Waals surface area contributed by atoms with Gasteiger partial charge in [-0.15, -0.1) is 0 Å². The van der Waals surface area contributed by atoms with Crippen LogP contribution in [0.1, 0.15) is 48.5 Å². The summed E-state index contributed by atoms with van der Waals surface area (Å²) in [4.78, 5) is 33.0. The van der Waals surface area contributed by atoms with Crippen molar-refractivity contribution in [2.45, 2.75) is 52.1 Å². The zero-order valence-corrected chi connectivity index (χ0v) is 15.4. The van der Waals surface area contributed by atoms with Crippen LogP contribution < -0.4 is 5.32 Å². The van der Waals surface area contributed by atoms with E-state index in [0.717, 1.165) is 12.8 Å². The van der Waals surface area contributed by atoms with Crippen molar-refractivity contribution in [1.82, 2.24) is 14.8 Å². The first-order chi connectivity index (χ1) is 10.8. The first-order valence-corrected chi connectivity index (χ1v) is 8.86. The summed E-state index contributed by atoms with van der Waals surface area (Å²) in [5, 5.41) is 3.34. The van der Waals surface area contributed by atoms with Crippen LogP contribution in [0.5, 0.6) is 0 Å². The molecule has 1 N–H and O–H groups in total. The number of carbonyl (C=O) groups excluding carboxylic acids is 2. The van der Waals surface area contributed by atoms with Crippen LogP contribution >= 0.6 is 11.3 Å². The molecular formula is C16H26N4O2S. The van der Waals surface area contributed by atoms with Gasteiger partial charge in [0.2, 0.25) is 5.91 Å². The normalized spacial score (nSPS) is 22.0. The van der Waals surface area contributed by atoms with Gasteiger partial charge in [-0.3, -0.25) is 14.5 Å². The van der Waals surface area contributed by atoms with Crippen LogP contribution in [0.15, 0.2) is 0 Å². The molecule has 1 aromatic heterocycles. The summed E-state index contributed by atoms with van der Waals surface area (Å²) in [7, 11) is 3.41. The van der Waals surface area contributed by atoms with E-state index >= 15 is 0 Å². The molecule has 2 amide bonds. The molecule has 6 nitrogen and oxygen atoms in total. The molecule has 1 saturated heterocycles. The Morgan fingerprint density at radius 3 is 2.48 bits per heavy atom. The van der Waals surface area contributed by atoms with Crippen molar-refractivity contribution in [2.24, 2.45) is 0 Å². The maximum absolute atomic E-state index is 12.3. The van der Waals surface area contributed by atoms with E-state index in [1.807, 2.05) is 0 Å². The lowest BCUT2D eigenvalue weighted by Gasteiger charge is -2.38. The quantitative estimate of drug-likeness (QED) is 0.915. The Bertz CT molecular complexity index is 575. The molecule has 1 aliphatic rings. The predicted molar refractivity (Wildman–Crippen MR) is 93.0 cm³/mol. The third kappa shape index (κ3) is 4.29. The monoisotopic (exact) mass is 338 g/mol. The van der Waals surface area contributed by atoms with Crippen molar-refractivity contribution < 1.29 is 9.59 Å². The minimum atomic E-state index is -0.0845. The highest BCUT2D eigenvalue weighted by atomic mass is 32.1. The molecule has 2 unspecified atom stereocenters. The second-order valence-electron chi connectivity index (χ2n) is 6.48. The number of likely N-dealkylation sites (tertiary alicyclic amines) is 1. The third-order valence-corrected chi connectivity index (χ3v) is 5.41. The van der Waals surface area contributed by atoms with E-state index in [0.29, 0.717) is 34.3 Å². The van der Waals surface area contributed by atoms with Gasteiger partial charge in [0.15, 0.2) is 5.13 Å². The fourth-order valence-electron chi connectivity index (χ4n) is 2.96. The molecule has 0 aromatic carbocycles. The number of nitrogens with one attached hydrogen (secondary N) is 1. The number of aryl methyl sites for hydroxylation is 1. The van der Waals surface area contributed by atoms with Crippen molar-refractivity contribution in [3.05, 3.63) is 10.6 Å². The minimum absolute atomic E-state index is 0.0665. The molecule has 128 valence electrons. The predicted octanol–water partition coefficient (Wildman–Crippen LogP) is 2.35. The second-order valence-corrected chi connectivity index (χ2v) is 7.48. The van der Waals surface area contributed by atoms with Crippen molar-refractivity contribution >= 4 is 28.3 Å². The lowest BCUT2D eigenvalue weighted by molar-refractivity contribution is -0.118. The summed E-state index contributed by atoms with van der Waals surface area (Å²) in [6.45, 7) is 6.50. The second kappa shape index (κ2) is 7.40. The van der Waals surface area contributed by atoms with E-state index in [2.05, 4.69) is 29.0 Å². The number of thiazole rings is 1. The Balaban J connectivity index is 2.00. The van der Waals surface area contributed by atoms with Crippen LogP contribution in [0, 0.1) is 6.92 Å². The molecule has 1 aliphatic heterocycles. The Labute approximate surface area is 141 Å².